The first-order chi connectivity index (χ1) is 7.81. The van der Waals surface area contributed by atoms with Crippen molar-refractivity contribution in [1.29, 1.82) is 0 Å². The van der Waals surface area contributed by atoms with Gasteiger partial charge in [-0.15, -0.1) is 0 Å². The summed E-state index contributed by atoms with van der Waals surface area (Å²) >= 11 is 0. The minimum atomic E-state index is 0.895. The molecule has 0 aliphatic carbocycles. The van der Waals surface area contributed by atoms with E-state index in [2.05, 4.69) is 20.8 Å². The largest absolute Gasteiger partial charge is 0.501 e. The molecule has 0 radical (unpaired) electrons. The summed E-state index contributed by atoms with van der Waals surface area (Å²) in [5.74, 6) is 0. The molecule has 0 unspecified atom stereocenters. The van der Waals surface area contributed by atoms with E-state index in [1.54, 1.807) is 0 Å². The fourth-order valence-electron chi connectivity index (χ4n) is 1.60. The van der Waals surface area contributed by atoms with Crippen LogP contribution < -0.4 is 0 Å². The van der Waals surface area contributed by atoms with Gasteiger partial charge >= 0.3 is 0 Å². The fourth-order valence-corrected chi connectivity index (χ4v) is 1.60. The Morgan fingerprint density at radius 2 is 1.44 bits per heavy atom. The number of hydrogen-bond donors (Lipinski definition) is 0. The van der Waals surface area contributed by atoms with Crippen LogP contribution in [0.3, 0.4) is 0 Å². The van der Waals surface area contributed by atoms with Gasteiger partial charge in [0.15, 0.2) is 0 Å². The maximum absolute atomic E-state index is 5.47. The monoisotopic (exact) mass is 226 g/mol. The van der Waals surface area contributed by atoms with Gasteiger partial charge in [-0.25, -0.2) is 0 Å². The van der Waals surface area contributed by atoms with E-state index in [0.717, 1.165) is 13.0 Å². The maximum Gasteiger partial charge on any atom is 0.0873 e. The van der Waals surface area contributed by atoms with Crippen LogP contribution in [0, 0.1) is 0 Å². The van der Waals surface area contributed by atoms with Gasteiger partial charge < -0.3 is 4.74 Å². The molecule has 16 heavy (non-hydrogen) atoms. The minimum absolute atomic E-state index is 0.895. The lowest BCUT2D eigenvalue weighted by Crippen LogP contribution is -1.89. The normalized spacial score (nSPS) is 11.8. The standard InChI is InChI=1S/C15H30O/c1-4-6-7-8-9-10-11-12-13-16-14-15(3)5-2/h14H,4-13H2,1-3H3. The molecule has 0 heterocycles. The third-order valence-electron chi connectivity index (χ3n) is 2.96. The van der Waals surface area contributed by atoms with Crippen molar-refractivity contribution >= 4 is 0 Å². The average molecular weight is 226 g/mol. The Balaban J connectivity index is 3.04. The molecule has 1 heteroatoms. The van der Waals surface area contributed by atoms with E-state index in [1.165, 1.54) is 56.9 Å². The second-order valence-corrected chi connectivity index (χ2v) is 4.66. The third kappa shape index (κ3) is 11.6. The van der Waals surface area contributed by atoms with Crippen LogP contribution in [0.2, 0.25) is 0 Å². The van der Waals surface area contributed by atoms with E-state index in [4.69, 9.17) is 4.74 Å². The van der Waals surface area contributed by atoms with Gasteiger partial charge in [-0.05, 0) is 25.3 Å². The van der Waals surface area contributed by atoms with E-state index in [9.17, 15) is 0 Å². The molecule has 0 aromatic rings. The number of unbranched alkanes of at least 4 members (excludes halogenated alkanes) is 7. The molecule has 0 bridgehead atoms. The van der Waals surface area contributed by atoms with Crippen molar-refractivity contribution in [3.8, 4) is 0 Å². The summed E-state index contributed by atoms with van der Waals surface area (Å²) in [6, 6.07) is 0. The molecule has 0 aliphatic rings. The van der Waals surface area contributed by atoms with Crippen molar-refractivity contribution in [2.24, 2.45) is 0 Å². The number of ether oxygens (including phenoxy) is 1. The van der Waals surface area contributed by atoms with Crippen LogP contribution in [0.4, 0.5) is 0 Å². The van der Waals surface area contributed by atoms with Gasteiger partial charge in [0.25, 0.3) is 0 Å². The molecule has 0 spiro atoms. The Labute approximate surface area is 102 Å². The van der Waals surface area contributed by atoms with Crippen molar-refractivity contribution in [2.75, 3.05) is 6.61 Å². The SMILES string of the molecule is CCCCCCCCCCOC=C(C)CC. The lowest BCUT2D eigenvalue weighted by Gasteiger charge is -2.03. The summed E-state index contributed by atoms with van der Waals surface area (Å²) in [6.45, 7) is 7.44. The first-order valence-corrected chi connectivity index (χ1v) is 7.08. The highest BCUT2D eigenvalue weighted by atomic mass is 16.5. The Bertz CT molecular complexity index is 161. The number of allylic oxidation sites excluding steroid dienone is 1. The van der Waals surface area contributed by atoms with E-state index in [0.29, 0.717) is 0 Å². The van der Waals surface area contributed by atoms with Crippen molar-refractivity contribution in [3.05, 3.63) is 11.8 Å². The highest BCUT2D eigenvalue weighted by Gasteiger charge is 1.91. The van der Waals surface area contributed by atoms with Crippen molar-refractivity contribution in [3.63, 3.8) is 0 Å². The quantitative estimate of drug-likeness (QED) is 0.336. The average Bonchev–Trinajstić information content (AvgIpc) is 2.31. The molecule has 0 atom stereocenters. The van der Waals surface area contributed by atoms with Gasteiger partial charge in [-0.3, -0.25) is 0 Å². The first-order valence-electron chi connectivity index (χ1n) is 7.08. The van der Waals surface area contributed by atoms with E-state index in [-0.39, 0.29) is 0 Å². The zero-order chi connectivity index (χ0) is 12.1. The van der Waals surface area contributed by atoms with E-state index >= 15 is 0 Å². The summed E-state index contributed by atoms with van der Waals surface area (Å²) in [5.41, 5.74) is 1.33. The van der Waals surface area contributed by atoms with Crippen LogP contribution in [0.15, 0.2) is 11.8 Å². The lowest BCUT2D eigenvalue weighted by atomic mass is 10.1. The molecule has 0 N–H and O–H groups in total. The Morgan fingerprint density at radius 1 is 0.875 bits per heavy atom. The zero-order valence-electron chi connectivity index (χ0n) is 11.6. The van der Waals surface area contributed by atoms with Gasteiger partial charge in [-0.1, -0.05) is 58.8 Å². The number of hydrogen-bond acceptors (Lipinski definition) is 1. The molecule has 96 valence electrons. The highest BCUT2D eigenvalue weighted by molar-refractivity contribution is 4.90. The topological polar surface area (TPSA) is 9.23 Å². The molecular formula is C15H30O. The van der Waals surface area contributed by atoms with Crippen LogP contribution in [0.1, 0.15) is 78.6 Å². The van der Waals surface area contributed by atoms with Gasteiger partial charge in [0.2, 0.25) is 0 Å². The van der Waals surface area contributed by atoms with Gasteiger partial charge in [0.1, 0.15) is 0 Å². The first kappa shape index (κ1) is 15.5. The summed E-state index contributed by atoms with van der Waals surface area (Å²) in [4.78, 5) is 0. The Hall–Kier alpha value is -0.460. The van der Waals surface area contributed by atoms with E-state index in [1.807, 2.05) is 6.26 Å². The predicted molar refractivity (Wildman–Crippen MR) is 72.6 cm³/mol. The summed E-state index contributed by atoms with van der Waals surface area (Å²) in [5, 5.41) is 0. The highest BCUT2D eigenvalue weighted by Crippen LogP contribution is 2.08. The minimum Gasteiger partial charge on any atom is -0.501 e. The molecule has 0 aromatic heterocycles. The molecule has 0 aliphatic heterocycles. The molecule has 0 amide bonds. The second-order valence-electron chi connectivity index (χ2n) is 4.66. The van der Waals surface area contributed by atoms with Crippen molar-refractivity contribution in [1.82, 2.24) is 0 Å². The maximum atomic E-state index is 5.47. The third-order valence-corrected chi connectivity index (χ3v) is 2.96. The Kier molecular flexibility index (Phi) is 12.2. The van der Waals surface area contributed by atoms with Crippen LogP contribution in [-0.4, -0.2) is 6.61 Å². The predicted octanol–water partition coefficient (Wildman–Crippen LogP) is 5.46. The molecule has 1 nitrogen and oxygen atoms in total. The molecule has 0 aromatic carbocycles. The molecule has 0 rings (SSSR count). The van der Waals surface area contributed by atoms with Gasteiger partial charge in [-0.2, -0.15) is 0 Å². The number of rotatable bonds is 11. The van der Waals surface area contributed by atoms with Gasteiger partial charge in [0, 0.05) is 0 Å². The van der Waals surface area contributed by atoms with Crippen LogP contribution >= 0.6 is 0 Å². The lowest BCUT2D eigenvalue weighted by molar-refractivity contribution is 0.237. The van der Waals surface area contributed by atoms with Crippen LogP contribution in [-0.2, 0) is 4.74 Å². The van der Waals surface area contributed by atoms with Crippen LogP contribution in [0.25, 0.3) is 0 Å². The van der Waals surface area contributed by atoms with Crippen molar-refractivity contribution < 1.29 is 4.74 Å². The Morgan fingerprint density at radius 3 is 2.00 bits per heavy atom. The molecule has 0 saturated heterocycles. The molecular weight excluding hydrogens is 196 g/mol. The second kappa shape index (κ2) is 12.6. The summed E-state index contributed by atoms with van der Waals surface area (Å²) in [7, 11) is 0. The molecule has 0 fully saturated rings. The van der Waals surface area contributed by atoms with E-state index < -0.39 is 0 Å². The molecule has 0 saturated carbocycles. The zero-order valence-corrected chi connectivity index (χ0v) is 11.6. The smallest absolute Gasteiger partial charge is 0.0873 e. The summed E-state index contributed by atoms with van der Waals surface area (Å²) in [6.07, 6.45) is 13.9. The van der Waals surface area contributed by atoms with Crippen LogP contribution in [0.5, 0.6) is 0 Å². The van der Waals surface area contributed by atoms with Gasteiger partial charge in [0.05, 0.1) is 12.9 Å². The summed E-state index contributed by atoms with van der Waals surface area (Å²) < 4.78 is 5.47. The fraction of sp³-hybridized carbons (Fsp3) is 0.867. The van der Waals surface area contributed by atoms with Crippen molar-refractivity contribution in [2.45, 2.75) is 78.6 Å².